The minimum atomic E-state index is 0.292. The average molecular weight is 221 g/mol. The van der Waals surface area contributed by atoms with Gasteiger partial charge in [-0.1, -0.05) is 39.0 Å². The second kappa shape index (κ2) is 4.18. The topological polar surface area (TPSA) is 12.0 Å². The van der Waals surface area contributed by atoms with Gasteiger partial charge in [0.25, 0.3) is 0 Å². The lowest BCUT2D eigenvalue weighted by atomic mass is 9.98. The lowest BCUT2D eigenvalue weighted by molar-refractivity contribution is 0.378. The van der Waals surface area contributed by atoms with Crippen molar-refractivity contribution < 1.29 is 0 Å². The van der Waals surface area contributed by atoms with Gasteiger partial charge in [-0.05, 0) is 24.6 Å². The predicted molar refractivity (Wildman–Crippen MR) is 67.4 cm³/mol. The van der Waals surface area contributed by atoms with Crippen LogP contribution in [-0.2, 0) is 0 Å². The molecule has 1 nitrogen and oxygen atoms in total. The van der Waals surface area contributed by atoms with E-state index in [1.165, 1.54) is 23.4 Å². The van der Waals surface area contributed by atoms with Gasteiger partial charge in [-0.2, -0.15) is 0 Å². The van der Waals surface area contributed by atoms with E-state index in [-0.39, 0.29) is 0 Å². The first-order valence-electron chi connectivity index (χ1n) is 5.57. The highest BCUT2D eigenvalue weighted by molar-refractivity contribution is 8.00. The second-order valence-corrected chi connectivity index (χ2v) is 6.92. The molecule has 0 amide bonds. The summed E-state index contributed by atoms with van der Waals surface area (Å²) in [5, 5.41) is 3.47. The molecule has 0 aromatic heterocycles. The first kappa shape index (κ1) is 11.0. The molecular weight excluding hydrogens is 202 g/mol. The van der Waals surface area contributed by atoms with Crippen molar-refractivity contribution in [3.8, 4) is 0 Å². The summed E-state index contributed by atoms with van der Waals surface area (Å²) in [6, 6.07) is 9.37. The minimum absolute atomic E-state index is 0.292. The molecule has 82 valence electrons. The van der Waals surface area contributed by atoms with Gasteiger partial charge in [0.15, 0.2) is 0 Å². The molecule has 1 atom stereocenters. The van der Waals surface area contributed by atoms with E-state index in [4.69, 9.17) is 0 Å². The van der Waals surface area contributed by atoms with E-state index in [0.29, 0.717) is 10.8 Å². The van der Waals surface area contributed by atoms with Gasteiger partial charge >= 0.3 is 0 Å². The summed E-state index contributed by atoms with van der Waals surface area (Å²) < 4.78 is 0.292. The first-order chi connectivity index (χ1) is 7.06. The van der Waals surface area contributed by atoms with E-state index in [0.717, 1.165) is 0 Å². The Kier molecular flexibility index (Phi) is 3.08. The van der Waals surface area contributed by atoms with Crippen LogP contribution in [0.5, 0.6) is 0 Å². The molecule has 1 aromatic rings. The third-order valence-corrected chi connectivity index (χ3v) is 3.74. The van der Waals surface area contributed by atoms with Gasteiger partial charge in [0.2, 0.25) is 0 Å². The number of nitrogens with one attached hydrogen (secondary N) is 1. The summed E-state index contributed by atoms with van der Waals surface area (Å²) >= 11 is 1.96. The van der Waals surface area contributed by atoms with Gasteiger partial charge in [0.05, 0.1) is 0 Å². The molecular formula is C13H19NS. The van der Waals surface area contributed by atoms with Crippen molar-refractivity contribution in [2.75, 3.05) is 6.54 Å². The van der Waals surface area contributed by atoms with Gasteiger partial charge in [-0.25, -0.2) is 0 Å². The number of rotatable bonds is 2. The standard InChI is InChI=1S/C13H19NS/c1-13(2,3)15-12-7-5-4-6-10(12)11-8-9-14-11/h4-7,11,14H,8-9H2,1-3H3/t11-/m1/s1. The van der Waals surface area contributed by atoms with Crippen molar-refractivity contribution in [3.05, 3.63) is 29.8 Å². The Morgan fingerprint density at radius 2 is 1.93 bits per heavy atom. The molecule has 0 spiro atoms. The maximum atomic E-state index is 3.47. The molecule has 0 radical (unpaired) electrons. The molecule has 1 aromatic carbocycles. The van der Waals surface area contributed by atoms with Crippen LogP contribution in [0.1, 0.15) is 38.8 Å². The van der Waals surface area contributed by atoms with E-state index >= 15 is 0 Å². The predicted octanol–water partition coefficient (Wildman–Crippen LogP) is 3.61. The van der Waals surface area contributed by atoms with E-state index in [2.05, 4.69) is 50.4 Å². The van der Waals surface area contributed by atoms with Crippen molar-refractivity contribution >= 4 is 11.8 Å². The van der Waals surface area contributed by atoms with Crippen LogP contribution < -0.4 is 5.32 Å². The van der Waals surface area contributed by atoms with Gasteiger partial charge in [-0.3, -0.25) is 0 Å². The Balaban J connectivity index is 2.21. The van der Waals surface area contributed by atoms with Gasteiger partial charge in [-0.15, -0.1) is 11.8 Å². The van der Waals surface area contributed by atoms with Gasteiger partial charge < -0.3 is 5.32 Å². The fraction of sp³-hybridized carbons (Fsp3) is 0.538. The molecule has 1 aliphatic heterocycles. The lowest BCUT2D eigenvalue weighted by Crippen LogP contribution is -2.35. The zero-order valence-corrected chi connectivity index (χ0v) is 10.5. The molecule has 0 saturated carbocycles. The first-order valence-corrected chi connectivity index (χ1v) is 6.39. The highest BCUT2D eigenvalue weighted by atomic mass is 32.2. The number of benzene rings is 1. The lowest BCUT2D eigenvalue weighted by Gasteiger charge is -2.31. The maximum Gasteiger partial charge on any atom is 0.0343 e. The Morgan fingerprint density at radius 1 is 1.27 bits per heavy atom. The van der Waals surface area contributed by atoms with Crippen molar-refractivity contribution in [3.63, 3.8) is 0 Å². The van der Waals surface area contributed by atoms with E-state index in [9.17, 15) is 0 Å². The average Bonchev–Trinajstić information content (AvgIpc) is 2.02. The Bertz CT molecular complexity index is 337. The molecule has 0 bridgehead atoms. The fourth-order valence-electron chi connectivity index (χ4n) is 1.75. The molecule has 0 aliphatic carbocycles. The van der Waals surface area contributed by atoms with Crippen LogP contribution in [0, 0.1) is 0 Å². The van der Waals surface area contributed by atoms with Crippen LogP contribution in [0.15, 0.2) is 29.2 Å². The maximum absolute atomic E-state index is 3.47. The van der Waals surface area contributed by atoms with Crippen LogP contribution in [-0.4, -0.2) is 11.3 Å². The quantitative estimate of drug-likeness (QED) is 0.766. The zero-order chi connectivity index (χ0) is 10.9. The summed E-state index contributed by atoms with van der Waals surface area (Å²) in [5.41, 5.74) is 1.48. The smallest absolute Gasteiger partial charge is 0.0343 e. The van der Waals surface area contributed by atoms with E-state index < -0.39 is 0 Å². The third-order valence-electron chi connectivity index (χ3n) is 2.53. The summed E-state index contributed by atoms with van der Waals surface area (Å²) in [4.78, 5) is 1.43. The molecule has 2 rings (SSSR count). The normalized spacial score (nSPS) is 21.1. The number of hydrogen-bond donors (Lipinski definition) is 1. The molecule has 1 saturated heterocycles. The Morgan fingerprint density at radius 3 is 2.47 bits per heavy atom. The van der Waals surface area contributed by atoms with Gasteiger partial charge in [0.1, 0.15) is 0 Å². The molecule has 1 N–H and O–H groups in total. The molecule has 0 unspecified atom stereocenters. The van der Waals surface area contributed by atoms with Crippen LogP contribution in [0.2, 0.25) is 0 Å². The number of thioether (sulfide) groups is 1. The third kappa shape index (κ3) is 2.76. The molecule has 1 aliphatic rings. The van der Waals surface area contributed by atoms with Crippen LogP contribution in [0.3, 0.4) is 0 Å². The largest absolute Gasteiger partial charge is 0.310 e. The van der Waals surface area contributed by atoms with E-state index in [1.807, 2.05) is 11.8 Å². The minimum Gasteiger partial charge on any atom is -0.310 e. The molecule has 1 fully saturated rings. The monoisotopic (exact) mass is 221 g/mol. The Labute approximate surface area is 96.7 Å². The molecule has 1 heterocycles. The van der Waals surface area contributed by atoms with Crippen molar-refractivity contribution in [2.45, 2.75) is 42.9 Å². The van der Waals surface area contributed by atoms with Crippen LogP contribution in [0.4, 0.5) is 0 Å². The summed E-state index contributed by atoms with van der Waals surface area (Å²) in [7, 11) is 0. The highest BCUT2D eigenvalue weighted by Crippen LogP contribution is 2.38. The summed E-state index contributed by atoms with van der Waals surface area (Å²) in [5.74, 6) is 0. The van der Waals surface area contributed by atoms with Crippen molar-refractivity contribution in [1.29, 1.82) is 0 Å². The zero-order valence-electron chi connectivity index (χ0n) is 9.71. The fourth-order valence-corrected chi connectivity index (χ4v) is 2.88. The Hall–Kier alpha value is -0.470. The van der Waals surface area contributed by atoms with E-state index in [1.54, 1.807) is 0 Å². The summed E-state index contributed by atoms with van der Waals surface area (Å²) in [6.45, 7) is 7.97. The van der Waals surface area contributed by atoms with Crippen molar-refractivity contribution in [1.82, 2.24) is 5.32 Å². The number of hydrogen-bond acceptors (Lipinski definition) is 2. The molecule has 2 heteroatoms. The van der Waals surface area contributed by atoms with Crippen LogP contribution in [0.25, 0.3) is 0 Å². The second-order valence-electron chi connectivity index (χ2n) is 5.05. The molecule has 15 heavy (non-hydrogen) atoms. The summed E-state index contributed by atoms with van der Waals surface area (Å²) in [6.07, 6.45) is 1.28. The van der Waals surface area contributed by atoms with Crippen LogP contribution >= 0.6 is 11.8 Å². The van der Waals surface area contributed by atoms with Crippen molar-refractivity contribution in [2.24, 2.45) is 0 Å². The highest BCUT2D eigenvalue weighted by Gasteiger charge is 2.23. The van der Waals surface area contributed by atoms with Gasteiger partial charge in [0, 0.05) is 15.7 Å². The SMILES string of the molecule is CC(C)(C)Sc1ccccc1[C@H]1CCN1.